The maximum Gasteiger partial charge on any atom is 0.328 e. The van der Waals surface area contributed by atoms with Crippen molar-refractivity contribution in [3.8, 4) is 22.6 Å². The molecule has 0 bridgehead atoms. The van der Waals surface area contributed by atoms with Crippen molar-refractivity contribution >= 4 is 44.2 Å². The summed E-state index contributed by atoms with van der Waals surface area (Å²) in [7, 11) is 1.35. The molecule has 38 heavy (non-hydrogen) atoms. The minimum absolute atomic E-state index is 0.104. The number of aliphatic carboxylic acids is 1. The smallest absolute Gasteiger partial charge is 0.328 e. The number of carboxylic acid groups (broad SMARTS) is 1. The minimum Gasteiger partial charge on any atom is -0.480 e. The van der Waals surface area contributed by atoms with Gasteiger partial charge in [-0.2, -0.15) is 0 Å². The second-order valence-electron chi connectivity index (χ2n) is 8.25. The number of benzene rings is 3. The van der Waals surface area contributed by atoms with Crippen LogP contribution in [0.15, 0.2) is 77.3 Å². The summed E-state index contributed by atoms with van der Waals surface area (Å²) in [5.41, 5.74) is 2.96. The Bertz CT molecular complexity index is 1600. The van der Waals surface area contributed by atoms with Gasteiger partial charge in [0.05, 0.1) is 16.8 Å². The Labute approximate surface area is 219 Å². The van der Waals surface area contributed by atoms with Gasteiger partial charge < -0.3 is 25.0 Å². The molecule has 0 radical (unpaired) electrons. The van der Waals surface area contributed by atoms with Crippen LogP contribution in [0.4, 0.5) is 15.2 Å². The fourth-order valence-corrected chi connectivity index (χ4v) is 4.75. The van der Waals surface area contributed by atoms with Gasteiger partial charge >= 0.3 is 5.97 Å². The maximum absolute atomic E-state index is 13.5. The number of carbonyl (C=O) groups excluding carboxylic acids is 1. The molecule has 0 fully saturated rings. The van der Waals surface area contributed by atoms with Crippen LogP contribution in [-0.2, 0) is 9.53 Å². The fourth-order valence-electron chi connectivity index (χ4n) is 3.84. The van der Waals surface area contributed by atoms with Crippen LogP contribution in [0.5, 0.6) is 0 Å². The largest absolute Gasteiger partial charge is 0.480 e. The average molecular weight is 533 g/mol. The summed E-state index contributed by atoms with van der Waals surface area (Å²) >= 11 is 1.33. The number of fused-ring (bicyclic) bond motifs is 1. The molecule has 2 heterocycles. The molecule has 0 aliphatic carbocycles. The highest BCUT2D eigenvalue weighted by Crippen LogP contribution is 2.34. The average Bonchev–Trinajstić information content (AvgIpc) is 3.53. The number of anilines is 2. The van der Waals surface area contributed by atoms with Crippen LogP contribution in [0.25, 0.3) is 32.8 Å². The van der Waals surface area contributed by atoms with E-state index in [4.69, 9.17) is 9.26 Å². The first kappa shape index (κ1) is 25.1. The van der Waals surface area contributed by atoms with Crippen molar-refractivity contribution in [1.82, 2.24) is 15.5 Å². The van der Waals surface area contributed by atoms with Gasteiger partial charge in [0.25, 0.3) is 5.91 Å². The van der Waals surface area contributed by atoms with E-state index in [9.17, 15) is 19.1 Å². The molecular formula is C27H21FN4O5S. The predicted octanol–water partition coefficient (Wildman–Crippen LogP) is 5.33. The summed E-state index contributed by atoms with van der Waals surface area (Å²) in [6, 6.07) is 19.2. The zero-order valence-electron chi connectivity index (χ0n) is 20.0. The first-order valence-electron chi connectivity index (χ1n) is 11.4. The molecule has 5 rings (SSSR count). The molecule has 0 spiro atoms. The van der Waals surface area contributed by atoms with E-state index in [0.29, 0.717) is 21.8 Å². The lowest BCUT2D eigenvalue weighted by Gasteiger charge is -2.14. The van der Waals surface area contributed by atoms with E-state index in [0.717, 1.165) is 10.4 Å². The van der Waals surface area contributed by atoms with Gasteiger partial charge in [-0.25, -0.2) is 14.2 Å². The second kappa shape index (κ2) is 10.8. The molecule has 3 N–H and O–H groups in total. The van der Waals surface area contributed by atoms with Gasteiger partial charge in [-0.15, -0.1) is 0 Å². The van der Waals surface area contributed by atoms with E-state index < -0.39 is 17.9 Å². The third-order valence-electron chi connectivity index (χ3n) is 5.65. The van der Waals surface area contributed by atoms with Gasteiger partial charge in [-0.1, -0.05) is 59.0 Å². The van der Waals surface area contributed by atoms with Crippen molar-refractivity contribution in [3.05, 3.63) is 84.2 Å². The number of nitrogens with zero attached hydrogens (tertiary/aromatic N) is 2. The van der Waals surface area contributed by atoms with Gasteiger partial charge in [0.1, 0.15) is 17.1 Å². The SMILES string of the molecule is COCC(NC(=O)c1c(-c2ccc(Nc3nc4ccc(F)cc4s3)cc2)noc1-c1ccccc1)C(=O)O. The minimum atomic E-state index is -1.26. The molecule has 9 nitrogen and oxygen atoms in total. The van der Waals surface area contributed by atoms with E-state index in [-0.39, 0.29) is 29.4 Å². The Hall–Kier alpha value is -4.61. The summed E-state index contributed by atoms with van der Waals surface area (Å²) in [5, 5.41) is 19.9. The number of nitrogens with one attached hydrogen (secondary N) is 2. The summed E-state index contributed by atoms with van der Waals surface area (Å²) in [6.45, 7) is -0.207. The van der Waals surface area contributed by atoms with Crippen molar-refractivity contribution in [2.45, 2.75) is 6.04 Å². The lowest BCUT2D eigenvalue weighted by molar-refractivity contribution is -0.140. The van der Waals surface area contributed by atoms with Crippen LogP contribution in [0.2, 0.25) is 0 Å². The highest BCUT2D eigenvalue weighted by atomic mass is 32.1. The zero-order valence-corrected chi connectivity index (χ0v) is 20.8. The van der Waals surface area contributed by atoms with Crippen LogP contribution in [-0.4, -0.2) is 46.9 Å². The van der Waals surface area contributed by atoms with Crippen LogP contribution in [0.3, 0.4) is 0 Å². The lowest BCUT2D eigenvalue weighted by atomic mass is 10.0. The second-order valence-corrected chi connectivity index (χ2v) is 9.29. The molecule has 0 saturated carbocycles. The van der Waals surface area contributed by atoms with Crippen molar-refractivity contribution in [1.29, 1.82) is 0 Å². The molecule has 0 aliphatic rings. The van der Waals surface area contributed by atoms with Gasteiger partial charge in [0.15, 0.2) is 16.9 Å². The highest BCUT2D eigenvalue weighted by molar-refractivity contribution is 7.22. The molecule has 0 saturated heterocycles. The molecule has 11 heteroatoms. The molecule has 1 unspecified atom stereocenters. The third kappa shape index (κ3) is 5.24. The molecule has 1 amide bonds. The van der Waals surface area contributed by atoms with Gasteiger partial charge in [-0.3, -0.25) is 4.79 Å². The molecule has 1 atom stereocenters. The Kier molecular flexibility index (Phi) is 7.11. The first-order chi connectivity index (χ1) is 18.4. The number of aromatic nitrogens is 2. The predicted molar refractivity (Wildman–Crippen MR) is 141 cm³/mol. The molecule has 5 aromatic rings. The molecule has 2 aromatic heterocycles. The van der Waals surface area contributed by atoms with Gasteiger partial charge in [-0.05, 0) is 30.3 Å². The topological polar surface area (TPSA) is 127 Å². The van der Waals surface area contributed by atoms with Crippen molar-refractivity contribution in [2.24, 2.45) is 0 Å². The number of methoxy groups -OCH3 is 1. The lowest BCUT2D eigenvalue weighted by Crippen LogP contribution is -2.44. The van der Waals surface area contributed by atoms with Crippen LogP contribution < -0.4 is 10.6 Å². The number of hydrogen-bond donors (Lipinski definition) is 3. The van der Waals surface area contributed by atoms with Gasteiger partial charge in [0.2, 0.25) is 0 Å². The number of ether oxygens (including phenoxy) is 1. The maximum atomic E-state index is 13.5. The Morgan fingerprint density at radius 2 is 1.84 bits per heavy atom. The Balaban J connectivity index is 1.46. The zero-order chi connectivity index (χ0) is 26.6. The quantitative estimate of drug-likeness (QED) is 0.233. The number of carbonyl (C=O) groups is 2. The number of halogens is 1. The number of rotatable bonds is 9. The van der Waals surface area contributed by atoms with E-state index in [1.807, 2.05) is 6.07 Å². The van der Waals surface area contributed by atoms with Gasteiger partial charge in [0, 0.05) is 23.9 Å². The summed E-state index contributed by atoms with van der Waals surface area (Å²) in [5.74, 6) is -2.00. The van der Waals surface area contributed by atoms with Crippen molar-refractivity contribution in [3.63, 3.8) is 0 Å². The standard InChI is InChI=1S/C27H21FN4O5S/c1-36-14-20(26(34)35)30-25(33)22-23(32-37-24(22)16-5-3-2-4-6-16)15-7-10-18(11-8-15)29-27-31-19-12-9-17(28)13-21(19)38-27/h2-13,20H,14H2,1H3,(H,29,31)(H,30,33)(H,34,35). The van der Waals surface area contributed by atoms with Crippen LogP contribution in [0, 0.1) is 5.82 Å². The molecule has 0 aliphatic heterocycles. The number of amides is 1. The Morgan fingerprint density at radius 3 is 2.55 bits per heavy atom. The fraction of sp³-hybridized carbons (Fsp3) is 0.111. The van der Waals surface area contributed by atoms with Crippen LogP contribution >= 0.6 is 11.3 Å². The molecule has 3 aromatic carbocycles. The summed E-state index contributed by atoms with van der Waals surface area (Å²) in [4.78, 5) is 29.4. The normalized spacial score (nSPS) is 11.8. The van der Waals surface area contributed by atoms with Crippen molar-refractivity contribution in [2.75, 3.05) is 19.0 Å². The third-order valence-corrected chi connectivity index (χ3v) is 6.59. The number of thiazole rings is 1. The number of hydrogen-bond acceptors (Lipinski definition) is 8. The van der Waals surface area contributed by atoms with E-state index in [1.165, 1.54) is 30.6 Å². The molecule has 192 valence electrons. The summed E-state index contributed by atoms with van der Waals surface area (Å²) < 4.78 is 24.8. The van der Waals surface area contributed by atoms with E-state index in [2.05, 4.69) is 20.8 Å². The van der Waals surface area contributed by atoms with Crippen LogP contribution in [0.1, 0.15) is 10.4 Å². The highest BCUT2D eigenvalue weighted by Gasteiger charge is 2.29. The molecular weight excluding hydrogens is 511 g/mol. The monoisotopic (exact) mass is 532 g/mol. The Morgan fingerprint density at radius 1 is 1.08 bits per heavy atom. The van der Waals surface area contributed by atoms with E-state index >= 15 is 0 Å². The number of carboxylic acids is 1. The van der Waals surface area contributed by atoms with Crippen molar-refractivity contribution < 1.29 is 28.3 Å². The van der Waals surface area contributed by atoms with E-state index in [1.54, 1.807) is 54.6 Å². The summed E-state index contributed by atoms with van der Waals surface area (Å²) in [6.07, 6.45) is 0. The first-order valence-corrected chi connectivity index (χ1v) is 12.3.